The third kappa shape index (κ3) is 4.21. The zero-order chi connectivity index (χ0) is 19.6. The maximum absolute atomic E-state index is 13.2. The summed E-state index contributed by atoms with van der Waals surface area (Å²) in [6.07, 6.45) is -3.24. The van der Waals surface area contributed by atoms with Crippen molar-refractivity contribution >= 4 is 5.95 Å². The summed E-state index contributed by atoms with van der Waals surface area (Å²) >= 11 is 0. The molecular weight excluding hydrogens is 363 g/mol. The largest absolute Gasteiger partial charge is 0.416 e. The Morgan fingerprint density at radius 2 is 1.89 bits per heavy atom. The highest BCUT2D eigenvalue weighted by atomic mass is 19.4. The quantitative estimate of drug-likeness (QED) is 0.752. The fourth-order valence-corrected chi connectivity index (χ4v) is 3.30. The number of piperidine rings is 1. The van der Waals surface area contributed by atoms with Crippen LogP contribution in [0, 0.1) is 0 Å². The standard InChI is InChI=1S/C17H20F3N5O2/c1-10(12-4-2-3-5-13(12)17(18,19)20)22-14-23-15(26)25(16(27)24-14)11-6-8-21-9-7-11/h2-5,10-11,21H,6-9H2,1H3,(H2,22,23,24,26,27). The first-order chi connectivity index (χ1) is 12.8. The fraction of sp³-hybridized carbons (Fsp3) is 0.471. The molecule has 1 saturated heterocycles. The minimum absolute atomic E-state index is 0.00446. The van der Waals surface area contributed by atoms with Crippen molar-refractivity contribution in [3.63, 3.8) is 0 Å². The summed E-state index contributed by atoms with van der Waals surface area (Å²) < 4.78 is 40.6. The van der Waals surface area contributed by atoms with Gasteiger partial charge in [-0.25, -0.2) is 14.2 Å². The molecule has 2 heterocycles. The van der Waals surface area contributed by atoms with Crippen molar-refractivity contribution in [1.29, 1.82) is 0 Å². The molecule has 146 valence electrons. The molecule has 0 spiro atoms. The van der Waals surface area contributed by atoms with E-state index in [1.807, 2.05) is 0 Å². The summed E-state index contributed by atoms with van der Waals surface area (Å²) in [6, 6.07) is 4.06. The summed E-state index contributed by atoms with van der Waals surface area (Å²) in [7, 11) is 0. The van der Waals surface area contributed by atoms with E-state index in [4.69, 9.17) is 0 Å². The van der Waals surface area contributed by atoms with Crippen molar-refractivity contribution in [2.24, 2.45) is 0 Å². The Hall–Kier alpha value is -2.62. The van der Waals surface area contributed by atoms with Gasteiger partial charge < -0.3 is 10.6 Å². The van der Waals surface area contributed by atoms with Crippen LogP contribution in [0.4, 0.5) is 19.1 Å². The predicted octanol–water partition coefficient (Wildman–Crippen LogP) is 2.05. The van der Waals surface area contributed by atoms with Crippen molar-refractivity contribution in [3.05, 3.63) is 56.4 Å². The topological polar surface area (TPSA) is 91.8 Å². The Balaban J connectivity index is 1.87. The molecule has 27 heavy (non-hydrogen) atoms. The number of hydrogen-bond donors (Lipinski definition) is 3. The van der Waals surface area contributed by atoms with Crippen LogP contribution in [0.5, 0.6) is 0 Å². The van der Waals surface area contributed by atoms with Gasteiger partial charge in [-0.1, -0.05) is 18.2 Å². The summed E-state index contributed by atoms with van der Waals surface area (Å²) in [5, 5.41) is 5.83. The molecule has 3 N–H and O–H groups in total. The molecule has 1 unspecified atom stereocenters. The smallest absolute Gasteiger partial charge is 0.349 e. The van der Waals surface area contributed by atoms with Gasteiger partial charge in [-0.2, -0.15) is 18.2 Å². The minimum atomic E-state index is -4.51. The molecule has 1 atom stereocenters. The second-order valence-electron chi connectivity index (χ2n) is 6.48. The summed E-state index contributed by atoms with van der Waals surface area (Å²) in [6.45, 7) is 2.90. The molecule has 0 radical (unpaired) electrons. The van der Waals surface area contributed by atoms with E-state index in [1.54, 1.807) is 0 Å². The van der Waals surface area contributed by atoms with Gasteiger partial charge in [0.1, 0.15) is 0 Å². The molecule has 1 fully saturated rings. The molecule has 1 aromatic carbocycles. The van der Waals surface area contributed by atoms with E-state index in [0.29, 0.717) is 25.9 Å². The molecule has 0 aliphatic carbocycles. The number of rotatable bonds is 4. The first kappa shape index (κ1) is 19.2. The Bertz CT molecular complexity index is 885. The highest BCUT2D eigenvalue weighted by Gasteiger charge is 2.34. The number of anilines is 1. The van der Waals surface area contributed by atoms with Crippen LogP contribution in [0.1, 0.15) is 43.0 Å². The summed E-state index contributed by atoms with van der Waals surface area (Å²) in [5.41, 5.74) is -2.13. The number of nitrogens with one attached hydrogen (secondary N) is 3. The lowest BCUT2D eigenvalue weighted by Gasteiger charge is -2.24. The van der Waals surface area contributed by atoms with E-state index >= 15 is 0 Å². The fourth-order valence-electron chi connectivity index (χ4n) is 3.30. The third-order valence-electron chi connectivity index (χ3n) is 4.62. The molecular formula is C17H20F3N5O2. The van der Waals surface area contributed by atoms with Gasteiger partial charge in [0, 0.05) is 6.04 Å². The van der Waals surface area contributed by atoms with Crippen LogP contribution >= 0.6 is 0 Å². The molecule has 1 aliphatic heterocycles. The maximum atomic E-state index is 13.2. The van der Waals surface area contributed by atoms with Crippen LogP contribution < -0.4 is 22.0 Å². The highest BCUT2D eigenvalue weighted by molar-refractivity contribution is 5.37. The van der Waals surface area contributed by atoms with Crippen molar-refractivity contribution in [2.45, 2.75) is 38.0 Å². The van der Waals surface area contributed by atoms with Gasteiger partial charge in [0.15, 0.2) is 0 Å². The van der Waals surface area contributed by atoms with Crippen LogP contribution in [0.15, 0.2) is 33.9 Å². The lowest BCUT2D eigenvalue weighted by Crippen LogP contribution is -2.43. The average Bonchev–Trinajstić information content (AvgIpc) is 2.61. The van der Waals surface area contributed by atoms with Gasteiger partial charge in [0.25, 0.3) is 0 Å². The van der Waals surface area contributed by atoms with Crippen LogP contribution in [0.25, 0.3) is 0 Å². The number of halogens is 3. The summed E-state index contributed by atoms with van der Waals surface area (Å²) in [5.74, 6) is -0.153. The second kappa shape index (κ2) is 7.55. The first-order valence-corrected chi connectivity index (χ1v) is 8.63. The number of aromatic amines is 1. The van der Waals surface area contributed by atoms with Crippen LogP contribution in [-0.4, -0.2) is 27.6 Å². The third-order valence-corrected chi connectivity index (χ3v) is 4.62. The number of alkyl halides is 3. The van der Waals surface area contributed by atoms with Gasteiger partial charge in [0.05, 0.1) is 11.6 Å². The minimum Gasteiger partial charge on any atom is -0.349 e. The number of H-pyrrole nitrogens is 1. The van der Waals surface area contributed by atoms with E-state index in [1.165, 1.54) is 25.1 Å². The van der Waals surface area contributed by atoms with Gasteiger partial charge in [0.2, 0.25) is 5.95 Å². The number of benzene rings is 1. The monoisotopic (exact) mass is 383 g/mol. The second-order valence-corrected chi connectivity index (χ2v) is 6.48. The lowest BCUT2D eigenvalue weighted by molar-refractivity contribution is -0.138. The Morgan fingerprint density at radius 1 is 1.22 bits per heavy atom. The van der Waals surface area contributed by atoms with Crippen LogP contribution in [0.3, 0.4) is 0 Å². The SMILES string of the molecule is CC(Nc1nc(=O)n(C2CCNCC2)c(=O)[nH]1)c1ccccc1C(F)(F)F. The first-order valence-electron chi connectivity index (χ1n) is 8.63. The predicted molar refractivity (Wildman–Crippen MR) is 93.7 cm³/mol. The van der Waals surface area contributed by atoms with Crippen LogP contribution in [0.2, 0.25) is 0 Å². The highest BCUT2D eigenvalue weighted by Crippen LogP contribution is 2.34. The van der Waals surface area contributed by atoms with E-state index in [0.717, 1.165) is 10.6 Å². The molecule has 2 aromatic rings. The van der Waals surface area contributed by atoms with Gasteiger partial charge in [-0.05, 0) is 44.5 Å². The molecule has 1 aliphatic rings. The molecule has 0 amide bonds. The van der Waals surface area contributed by atoms with Crippen molar-refractivity contribution in [3.8, 4) is 0 Å². The maximum Gasteiger partial charge on any atom is 0.416 e. The van der Waals surface area contributed by atoms with E-state index < -0.39 is 29.2 Å². The number of aromatic nitrogens is 3. The molecule has 0 saturated carbocycles. The van der Waals surface area contributed by atoms with Gasteiger partial charge in [-0.3, -0.25) is 4.98 Å². The Labute approximate surface area is 152 Å². The zero-order valence-electron chi connectivity index (χ0n) is 14.6. The normalized spacial score (nSPS) is 16.9. The molecule has 3 rings (SSSR count). The Morgan fingerprint density at radius 3 is 2.52 bits per heavy atom. The molecule has 1 aromatic heterocycles. The van der Waals surface area contributed by atoms with E-state index in [9.17, 15) is 22.8 Å². The van der Waals surface area contributed by atoms with Crippen LogP contribution in [-0.2, 0) is 6.18 Å². The summed E-state index contributed by atoms with van der Waals surface area (Å²) in [4.78, 5) is 30.9. The number of nitrogens with zero attached hydrogens (tertiary/aromatic N) is 2. The Kier molecular flexibility index (Phi) is 5.36. The molecule has 0 bridgehead atoms. The molecule has 7 nitrogen and oxygen atoms in total. The lowest BCUT2D eigenvalue weighted by atomic mass is 10.0. The van der Waals surface area contributed by atoms with Crippen molar-refractivity contribution in [1.82, 2.24) is 19.9 Å². The van der Waals surface area contributed by atoms with E-state index in [2.05, 4.69) is 20.6 Å². The average molecular weight is 383 g/mol. The molecule has 10 heteroatoms. The van der Waals surface area contributed by atoms with Crippen molar-refractivity contribution < 1.29 is 13.2 Å². The van der Waals surface area contributed by atoms with Gasteiger partial charge in [-0.15, -0.1) is 0 Å². The zero-order valence-corrected chi connectivity index (χ0v) is 14.6. The van der Waals surface area contributed by atoms with Crippen molar-refractivity contribution in [2.75, 3.05) is 18.4 Å². The number of hydrogen-bond acceptors (Lipinski definition) is 5. The van der Waals surface area contributed by atoms with E-state index in [-0.39, 0.29) is 17.6 Å². The van der Waals surface area contributed by atoms with Gasteiger partial charge >= 0.3 is 17.6 Å².